The van der Waals surface area contributed by atoms with E-state index in [2.05, 4.69) is 6.58 Å². The third-order valence-electron chi connectivity index (χ3n) is 2.86. The molecule has 12 heavy (non-hydrogen) atoms. The molecule has 0 aromatic rings. The van der Waals surface area contributed by atoms with Gasteiger partial charge in [-0.1, -0.05) is 12.2 Å². The first-order chi connectivity index (χ1) is 5.67. The van der Waals surface area contributed by atoms with Crippen molar-refractivity contribution in [3.63, 3.8) is 0 Å². The summed E-state index contributed by atoms with van der Waals surface area (Å²) in [6.45, 7) is 4.63. The summed E-state index contributed by atoms with van der Waals surface area (Å²) in [5, 5.41) is 0. The van der Waals surface area contributed by atoms with E-state index in [1.165, 1.54) is 5.57 Å². The smallest absolute Gasteiger partial charge is 0.109 e. The minimum absolute atomic E-state index is 0.143. The molecule has 2 fully saturated rings. The highest BCUT2D eigenvalue weighted by atomic mass is 16.5. The third kappa shape index (κ3) is 1.04. The van der Waals surface area contributed by atoms with Crippen LogP contribution in [0.2, 0.25) is 0 Å². The van der Waals surface area contributed by atoms with Crippen LogP contribution in [-0.2, 0) is 9.47 Å². The maximum atomic E-state index is 5.79. The van der Waals surface area contributed by atoms with Gasteiger partial charge in [-0.05, 0) is 12.8 Å². The molecule has 0 N–H and O–H groups in total. The monoisotopic (exact) mass is 164 g/mol. The molecule has 1 unspecified atom stereocenters. The van der Waals surface area contributed by atoms with Crippen molar-refractivity contribution >= 4 is 7.85 Å². The Labute approximate surface area is 74.3 Å². The Morgan fingerprint density at radius 3 is 3.08 bits per heavy atom. The lowest BCUT2D eigenvalue weighted by molar-refractivity contribution is -0.0679. The van der Waals surface area contributed by atoms with Crippen LogP contribution < -0.4 is 0 Å². The summed E-state index contributed by atoms with van der Waals surface area (Å²) >= 11 is 0. The van der Waals surface area contributed by atoms with Crippen molar-refractivity contribution in [2.24, 2.45) is 5.92 Å². The fraction of sp³-hybridized carbons (Fsp3) is 0.778. The van der Waals surface area contributed by atoms with E-state index in [0.717, 1.165) is 12.8 Å². The van der Waals surface area contributed by atoms with Crippen molar-refractivity contribution in [1.82, 2.24) is 0 Å². The van der Waals surface area contributed by atoms with Gasteiger partial charge in [0.25, 0.3) is 0 Å². The van der Waals surface area contributed by atoms with E-state index in [1.807, 2.05) is 0 Å². The molecule has 2 bridgehead atoms. The summed E-state index contributed by atoms with van der Waals surface area (Å²) in [6, 6.07) is -0.151. The normalized spacial score (nSPS) is 45.6. The Balaban J connectivity index is 2.15. The number of hydrogen-bond acceptors (Lipinski definition) is 2. The van der Waals surface area contributed by atoms with E-state index in [-0.39, 0.29) is 11.6 Å². The quantitative estimate of drug-likeness (QED) is 0.445. The second-order valence-electron chi connectivity index (χ2n) is 3.84. The van der Waals surface area contributed by atoms with Crippen molar-refractivity contribution in [3.8, 4) is 0 Å². The molecule has 3 atom stereocenters. The number of hydrogen-bond donors (Lipinski definition) is 0. The van der Waals surface area contributed by atoms with E-state index in [1.54, 1.807) is 7.11 Å². The first kappa shape index (κ1) is 8.33. The van der Waals surface area contributed by atoms with E-state index in [0.29, 0.717) is 12.5 Å². The zero-order chi connectivity index (χ0) is 8.77. The lowest BCUT2D eigenvalue weighted by Crippen LogP contribution is -2.35. The third-order valence-corrected chi connectivity index (χ3v) is 2.86. The van der Waals surface area contributed by atoms with Crippen LogP contribution in [0.25, 0.3) is 0 Å². The van der Waals surface area contributed by atoms with Gasteiger partial charge in [-0.15, -0.1) is 0 Å². The summed E-state index contributed by atoms with van der Waals surface area (Å²) in [7, 11) is 7.48. The molecule has 0 spiro atoms. The lowest BCUT2D eigenvalue weighted by atomic mass is 9.84. The molecule has 1 saturated heterocycles. The molecule has 2 radical (unpaired) electrons. The summed E-state index contributed by atoms with van der Waals surface area (Å²) in [6.07, 6.45) is 1.90. The molecule has 1 aliphatic carbocycles. The van der Waals surface area contributed by atoms with Gasteiger partial charge < -0.3 is 9.47 Å². The van der Waals surface area contributed by atoms with Gasteiger partial charge in [-0.2, -0.15) is 0 Å². The molecule has 64 valence electrons. The van der Waals surface area contributed by atoms with Gasteiger partial charge in [0.1, 0.15) is 7.85 Å². The highest BCUT2D eigenvalue weighted by molar-refractivity contribution is 6.11. The van der Waals surface area contributed by atoms with Crippen LogP contribution in [0.15, 0.2) is 12.2 Å². The van der Waals surface area contributed by atoms with Crippen molar-refractivity contribution in [3.05, 3.63) is 12.2 Å². The van der Waals surface area contributed by atoms with Crippen molar-refractivity contribution in [2.75, 3.05) is 13.7 Å². The van der Waals surface area contributed by atoms with Crippen molar-refractivity contribution < 1.29 is 9.47 Å². The minimum atomic E-state index is -0.151. The van der Waals surface area contributed by atoms with Gasteiger partial charge in [0.15, 0.2) is 0 Å². The summed E-state index contributed by atoms with van der Waals surface area (Å²) in [4.78, 5) is 0. The van der Waals surface area contributed by atoms with Crippen LogP contribution in [0.5, 0.6) is 0 Å². The molecule has 3 heteroatoms. The zero-order valence-electron chi connectivity index (χ0n) is 7.38. The minimum Gasteiger partial charge on any atom is -0.382 e. The molecular formula is C9H13BO2. The number of fused-ring (bicyclic) bond motifs is 2. The van der Waals surface area contributed by atoms with Gasteiger partial charge in [-0.25, -0.2) is 0 Å². The molecule has 2 aliphatic rings. The molecule has 2 rings (SSSR count). The molecule has 1 aliphatic heterocycles. The Morgan fingerprint density at radius 1 is 1.83 bits per heavy atom. The number of methoxy groups -OCH3 is 1. The SMILES string of the molecule is [B][C@@H]1O[C@@]2(COC)CC(=C)C1C2. The maximum Gasteiger partial charge on any atom is 0.109 e. The Hall–Kier alpha value is -0.275. The van der Waals surface area contributed by atoms with Crippen LogP contribution in [-0.4, -0.2) is 33.2 Å². The van der Waals surface area contributed by atoms with Crippen LogP contribution in [0.4, 0.5) is 0 Å². The molecule has 2 nitrogen and oxygen atoms in total. The number of rotatable bonds is 2. The Kier molecular flexibility index (Phi) is 1.81. The van der Waals surface area contributed by atoms with E-state index in [9.17, 15) is 0 Å². The van der Waals surface area contributed by atoms with Crippen molar-refractivity contribution in [2.45, 2.75) is 24.4 Å². The molecule has 1 heterocycles. The zero-order valence-corrected chi connectivity index (χ0v) is 7.38. The van der Waals surface area contributed by atoms with Gasteiger partial charge in [-0.3, -0.25) is 0 Å². The highest BCUT2D eigenvalue weighted by Crippen LogP contribution is 2.49. The predicted octanol–water partition coefficient (Wildman–Crippen LogP) is 0.863. The van der Waals surface area contributed by atoms with Gasteiger partial charge in [0.2, 0.25) is 0 Å². The molecule has 1 saturated carbocycles. The fourth-order valence-electron chi connectivity index (χ4n) is 2.38. The topological polar surface area (TPSA) is 18.5 Å². The molecule has 0 aromatic heterocycles. The standard InChI is InChI=1S/C9H13BO2/c1-6-3-9(5-11-2)4-7(6)8(10)12-9/h7-8H,1,3-5H2,2H3/t7?,8-,9+/m1/s1. The van der Waals surface area contributed by atoms with Gasteiger partial charge in [0, 0.05) is 19.0 Å². The molecule has 0 aromatic carbocycles. The predicted molar refractivity (Wildman–Crippen MR) is 47.1 cm³/mol. The van der Waals surface area contributed by atoms with Crippen LogP contribution >= 0.6 is 0 Å². The Bertz CT molecular complexity index is 217. The largest absolute Gasteiger partial charge is 0.382 e. The van der Waals surface area contributed by atoms with Crippen LogP contribution in [0.1, 0.15) is 12.8 Å². The number of ether oxygens (including phenoxy) is 2. The second kappa shape index (κ2) is 2.61. The first-order valence-electron chi connectivity index (χ1n) is 4.27. The van der Waals surface area contributed by atoms with E-state index < -0.39 is 0 Å². The van der Waals surface area contributed by atoms with Crippen LogP contribution in [0, 0.1) is 5.92 Å². The average molecular weight is 164 g/mol. The Morgan fingerprint density at radius 2 is 2.58 bits per heavy atom. The van der Waals surface area contributed by atoms with Crippen molar-refractivity contribution in [1.29, 1.82) is 0 Å². The summed E-state index contributed by atoms with van der Waals surface area (Å²) < 4.78 is 10.8. The van der Waals surface area contributed by atoms with Crippen LogP contribution in [0.3, 0.4) is 0 Å². The maximum absolute atomic E-state index is 5.79. The summed E-state index contributed by atoms with van der Waals surface area (Å²) in [5.74, 6) is 0.361. The lowest BCUT2D eigenvalue weighted by Gasteiger charge is -2.30. The van der Waals surface area contributed by atoms with Gasteiger partial charge >= 0.3 is 0 Å². The molecular weight excluding hydrogens is 151 g/mol. The summed E-state index contributed by atoms with van der Waals surface area (Å²) in [5.41, 5.74) is 1.08. The van der Waals surface area contributed by atoms with E-state index >= 15 is 0 Å². The second-order valence-corrected chi connectivity index (χ2v) is 3.84. The van der Waals surface area contributed by atoms with E-state index in [4.69, 9.17) is 17.3 Å². The molecule has 0 amide bonds. The fourth-order valence-corrected chi connectivity index (χ4v) is 2.38. The highest BCUT2D eigenvalue weighted by Gasteiger charge is 2.51. The first-order valence-corrected chi connectivity index (χ1v) is 4.27. The average Bonchev–Trinajstić information content (AvgIpc) is 2.41. The van der Waals surface area contributed by atoms with Gasteiger partial charge in [0.05, 0.1) is 12.2 Å².